The average Bonchev–Trinajstić information content (AvgIpc) is 4.05. The molecule has 0 bridgehead atoms. The number of methoxy groups -OCH3 is 2. The maximum Gasteiger partial charge on any atom is 0.307 e. The molecule has 2 aliphatic carbocycles. The minimum Gasteiger partial charge on any atom is -0.497 e. The Morgan fingerprint density at radius 3 is 2.46 bits per heavy atom. The number of ether oxygens (including phenoxy) is 4. The van der Waals surface area contributed by atoms with Gasteiger partial charge in [0.05, 0.1) is 44.6 Å². The van der Waals surface area contributed by atoms with Gasteiger partial charge in [0.1, 0.15) is 28.9 Å². The topological polar surface area (TPSA) is 167 Å². The molecule has 0 radical (unpaired) electrons. The zero-order valence-corrected chi connectivity index (χ0v) is 34.8. The van der Waals surface area contributed by atoms with E-state index >= 15 is 0 Å². The molecule has 0 unspecified atom stereocenters. The van der Waals surface area contributed by atoms with Crippen LogP contribution in [0, 0.1) is 29.1 Å². The molecule has 312 valence electrons. The van der Waals surface area contributed by atoms with Crippen molar-refractivity contribution >= 4 is 44.4 Å². The van der Waals surface area contributed by atoms with E-state index in [1.807, 2.05) is 25.1 Å². The number of ketones is 1. The van der Waals surface area contributed by atoms with Crippen LogP contribution in [0.4, 0.5) is 4.39 Å². The van der Waals surface area contributed by atoms with Crippen molar-refractivity contribution in [1.82, 2.24) is 14.6 Å². The van der Waals surface area contributed by atoms with Gasteiger partial charge in [0.15, 0.2) is 5.78 Å². The molecule has 3 heterocycles. The fourth-order valence-electron chi connectivity index (χ4n) is 8.46. The molecule has 13 nitrogen and oxygen atoms in total. The summed E-state index contributed by atoms with van der Waals surface area (Å²) in [5.41, 5.74) is -2.18. The van der Waals surface area contributed by atoms with Gasteiger partial charge in [-0.1, -0.05) is 26.0 Å². The molecule has 2 aliphatic heterocycles. The zero-order chi connectivity index (χ0) is 41.5. The van der Waals surface area contributed by atoms with Gasteiger partial charge in [-0.2, -0.15) is 4.98 Å². The number of rotatable bonds is 10. The molecule has 3 fully saturated rings. The van der Waals surface area contributed by atoms with Gasteiger partial charge in [-0.3, -0.25) is 23.9 Å². The molecule has 2 saturated carbocycles. The standard InChI is InChI=1S/C42H56FN3O10S/c1-25-10-8-9-11-28-21-42(28,39(50)45-57(51,52)41(24-43)14-15-41)22-34(47)33-19-30(55-37-31-13-12-29(53-6)17-27(31)18-35(44-37)54-7)23-46(33)38(49)32(26(2)16-25)20-36(48)56-40(3,4)5/h9,11-13,17-18,25-26,28,30,32-33H,8,10,14-16,19-24H2,1-7H3,(H,45,50)/b11-9-/t25-,26-,28-,30-,32+,33+,42-/m1/s1. The minimum atomic E-state index is -4.35. The van der Waals surface area contributed by atoms with E-state index in [1.165, 1.54) is 12.0 Å². The molecule has 7 atom stereocenters. The van der Waals surface area contributed by atoms with Crippen LogP contribution in [0.1, 0.15) is 92.4 Å². The van der Waals surface area contributed by atoms with Gasteiger partial charge in [-0.25, -0.2) is 12.8 Å². The molecule has 1 aromatic carbocycles. The molecule has 15 heteroatoms. The highest BCUT2D eigenvalue weighted by Gasteiger charge is 2.63. The number of pyridine rings is 1. The van der Waals surface area contributed by atoms with Gasteiger partial charge >= 0.3 is 5.97 Å². The van der Waals surface area contributed by atoms with E-state index in [-0.39, 0.29) is 68.7 Å². The quantitative estimate of drug-likeness (QED) is 0.225. The fraction of sp³-hybridized carbons (Fsp3) is 0.643. The Balaban J connectivity index is 1.37. The third-order valence-electron chi connectivity index (χ3n) is 12.1. The second-order valence-corrected chi connectivity index (χ2v) is 19.7. The number of Topliss-reactive ketones (excluding diaryl/α,β-unsaturated/α-hetero) is 1. The fourth-order valence-corrected chi connectivity index (χ4v) is 9.91. The SMILES string of the molecule is COc1ccc2c(O[C@@H]3C[C@H]4C(=O)C[C@]5(C(=O)NS(=O)(=O)C6(CF)CC6)C[C@H]5/C=C\CC[C@@H](C)C[C@@H](C)[C@H](CC(=O)OC(C)(C)C)C(=O)N4C3)nc(OC)cc2c1. The number of sulfonamides is 1. The highest BCUT2D eigenvalue weighted by Crippen LogP contribution is 2.58. The Morgan fingerprint density at radius 1 is 1.07 bits per heavy atom. The predicted molar refractivity (Wildman–Crippen MR) is 210 cm³/mol. The first-order valence-electron chi connectivity index (χ1n) is 19.9. The van der Waals surface area contributed by atoms with Crippen molar-refractivity contribution in [1.29, 1.82) is 0 Å². The van der Waals surface area contributed by atoms with E-state index in [4.69, 9.17) is 18.9 Å². The highest BCUT2D eigenvalue weighted by molar-refractivity contribution is 7.91. The number of fused-ring (bicyclic) bond motifs is 3. The van der Waals surface area contributed by atoms with Crippen LogP contribution in [0.5, 0.6) is 17.5 Å². The third-order valence-corrected chi connectivity index (χ3v) is 14.2. The summed E-state index contributed by atoms with van der Waals surface area (Å²) in [6.07, 6.45) is 5.09. The van der Waals surface area contributed by atoms with E-state index in [2.05, 4.69) is 16.6 Å². The third kappa shape index (κ3) is 9.08. The number of allylic oxidation sites excluding steroid dienone is 2. The summed E-state index contributed by atoms with van der Waals surface area (Å²) in [6, 6.07) is 6.05. The second-order valence-electron chi connectivity index (χ2n) is 17.6. The predicted octanol–water partition coefficient (Wildman–Crippen LogP) is 5.87. The van der Waals surface area contributed by atoms with Crippen LogP contribution in [0.2, 0.25) is 0 Å². The van der Waals surface area contributed by atoms with Crippen LogP contribution < -0.4 is 18.9 Å². The molecule has 57 heavy (non-hydrogen) atoms. The number of aromatic nitrogens is 1. The number of carbonyl (C=O) groups excluding carboxylic acids is 4. The lowest BCUT2D eigenvalue weighted by Gasteiger charge is -2.32. The number of esters is 1. The molecular weight excluding hydrogens is 758 g/mol. The van der Waals surface area contributed by atoms with Crippen LogP contribution in [-0.4, -0.2) is 91.8 Å². The Bertz CT molecular complexity index is 2020. The van der Waals surface area contributed by atoms with Gasteiger partial charge in [0.25, 0.3) is 0 Å². The number of hydrogen-bond acceptors (Lipinski definition) is 11. The van der Waals surface area contributed by atoms with Crippen molar-refractivity contribution < 1.29 is 50.9 Å². The summed E-state index contributed by atoms with van der Waals surface area (Å²) in [5.74, 6) is -2.46. The number of hydrogen-bond donors (Lipinski definition) is 1. The van der Waals surface area contributed by atoms with Crippen LogP contribution in [0.3, 0.4) is 0 Å². The maximum atomic E-state index is 14.9. The van der Waals surface area contributed by atoms with E-state index in [0.29, 0.717) is 24.0 Å². The first-order chi connectivity index (χ1) is 26.8. The Morgan fingerprint density at radius 2 is 1.81 bits per heavy atom. The van der Waals surface area contributed by atoms with Crippen LogP contribution in [0.25, 0.3) is 10.8 Å². The van der Waals surface area contributed by atoms with Gasteiger partial charge in [0.2, 0.25) is 33.6 Å². The van der Waals surface area contributed by atoms with Crippen molar-refractivity contribution in [3.05, 3.63) is 36.4 Å². The molecule has 0 spiro atoms. The van der Waals surface area contributed by atoms with Gasteiger partial charge in [-0.05, 0) is 101 Å². The van der Waals surface area contributed by atoms with Crippen molar-refractivity contribution in [2.24, 2.45) is 29.1 Å². The summed E-state index contributed by atoms with van der Waals surface area (Å²) in [4.78, 5) is 63.0. The molecular formula is C42H56FN3O10S. The first kappa shape index (κ1) is 42.3. The van der Waals surface area contributed by atoms with Crippen molar-refractivity contribution in [3.8, 4) is 17.5 Å². The lowest BCUT2D eigenvalue weighted by Crippen LogP contribution is -2.48. The molecule has 6 rings (SSSR count). The number of halogens is 1. The largest absolute Gasteiger partial charge is 0.497 e. The smallest absolute Gasteiger partial charge is 0.307 e. The van der Waals surface area contributed by atoms with E-state index in [9.17, 15) is 32.0 Å². The van der Waals surface area contributed by atoms with E-state index < -0.39 is 80.0 Å². The minimum absolute atomic E-state index is 0.0191. The summed E-state index contributed by atoms with van der Waals surface area (Å²) in [5, 5.41) is 1.38. The zero-order valence-electron chi connectivity index (χ0n) is 34.0. The number of amides is 2. The van der Waals surface area contributed by atoms with E-state index in [0.717, 1.165) is 11.8 Å². The number of alkyl halides is 1. The van der Waals surface area contributed by atoms with Gasteiger partial charge < -0.3 is 23.8 Å². The maximum absolute atomic E-state index is 14.9. The average molecular weight is 814 g/mol. The normalized spacial score (nSPS) is 29.6. The van der Waals surface area contributed by atoms with Crippen LogP contribution in [-0.2, 0) is 33.9 Å². The highest BCUT2D eigenvalue weighted by atomic mass is 32.2. The summed E-state index contributed by atoms with van der Waals surface area (Å²) in [6.45, 7) is 8.18. The molecule has 1 N–H and O–H groups in total. The Hall–Kier alpha value is -4.27. The number of carbonyl (C=O) groups is 4. The van der Waals surface area contributed by atoms with E-state index in [1.54, 1.807) is 46.1 Å². The molecule has 1 saturated heterocycles. The number of benzene rings is 1. The molecule has 2 aromatic rings. The first-order valence-corrected chi connectivity index (χ1v) is 21.4. The summed E-state index contributed by atoms with van der Waals surface area (Å²) in [7, 11) is -1.31. The molecule has 4 aliphatic rings. The Labute approximate surface area is 334 Å². The van der Waals surface area contributed by atoms with Crippen LogP contribution in [0.15, 0.2) is 36.4 Å². The lowest BCUT2D eigenvalue weighted by atomic mass is 9.82. The van der Waals surface area contributed by atoms with Gasteiger partial charge in [0, 0.05) is 24.3 Å². The lowest BCUT2D eigenvalue weighted by molar-refractivity contribution is -0.160. The number of nitrogens with one attached hydrogen (secondary N) is 1. The van der Waals surface area contributed by atoms with Crippen molar-refractivity contribution in [3.63, 3.8) is 0 Å². The second kappa shape index (κ2) is 16.2. The summed E-state index contributed by atoms with van der Waals surface area (Å²) >= 11 is 0. The van der Waals surface area contributed by atoms with Gasteiger partial charge in [-0.15, -0.1) is 0 Å². The van der Waals surface area contributed by atoms with Crippen molar-refractivity contribution in [2.75, 3.05) is 27.4 Å². The molecule has 1 aromatic heterocycles. The Kier molecular flexibility index (Phi) is 12.0. The monoisotopic (exact) mass is 813 g/mol. The number of nitrogens with zero attached hydrogens (tertiary/aromatic N) is 2. The molecule has 2 amide bonds. The van der Waals surface area contributed by atoms with Crippen molar-refractivity contribution in [2.45, 2.75) is 115 Å². The summed E-state index contributed by atoms with van der Waals surface area (Å²) < 4.78 is 64.0. The van der Waals surface area contributed by atoms with Crippen LogP contribution >= 0.6 is 0 Å².